The molecule has 0 saturated carbocycles. The quantitative estimate of drug-likeness (QED) is 0.468. The number of rotatable bonds is 4. The standard InChI is InChI=1S/C22H21N5O4/c1-11-19-13(12-8-16(30-2)20(29)17(9-12)31-3)10-18(28)25-21(19)27(26-11)22-23-14-6-4-5-7-15(14)24-22/h4-9,13,29H,10H2,1-3H3,(H,23,24)(H,25,28). The van der Waals surface area contributed by atoms with Crippen LogP contribution in [0.15, 0.2) is 36.4 Å². The molecule has 9 nitrogen and oxygen atoms in total. The van der Waals surface area contributed by atoms with Gasteiger partial charge in [-0.15, -0.1) is 0 Å². The predicted octanol–water partition coefficient (Wildman–Crippen LogP) is 3.25. The van der Waals surface area contributed by atoms with Crippen LogP contribution in [0, 0.1) is 6.92 Å². The molecular formula is C22H21N5O4. The predicted molar refractivity (Wildman–Crippen MR) is 114 cm³/mol. The number of H-pyrrole nitrogens is 1. The first-order valence-electron chi connectivity index (χ1n) is 9.79. The van der Waals surface area contributed by atoms with Gasteiger partial charge in [0.1, 0.15) is 5.82 Å². The normalized spacial score (nSPS) is 15.6. The molecule has 0 aliphatic carbocycles. The summed E-state index contributed by atoms with van der Waals surface area (Å²) in [5, 5.41) is 17.9. The summed E-state index contributed by atoms with van der Waals surface area (Å²) in [6, 6.07) is 11.1. The van der Waals surface area contributed by atoms with E-state index in [1.54, 1.807) is 16.8 Å². The third-order valence-electron chi connectivity index (χ3n) is 5.58. The lowest BCUT2D eigenvalue weighted by molar-refractivity contribution is -0.116. The third-order valence-corrected chi connectivity index (χ3v) is 5.58. The number of aromatic hydroxyl groups is 1. The molecule has 0 spiro atoms. The number of phenols is 1. The van der Waals surface area contributed by atoms with E-state index in [2.05, 4.69) is 20.4 Å². The average molecular weight is 419 g/mol. The minimum Gasteiger partial charge on any atom is -0.502 e. The van der Waals surface area contributed by atoms with E-state index in [1.165, 1.54) is 14.2 Å². The molecule has 4 aromatic rings. The first-order chi connectivity index (χ1) is 15.0. The summed E-state index contributed by atoms with van der Waals surface area (Å²) in [5.41, 5.74) is 4.13. The van der Waals surface area contributed by atoms with Gasteiger partial charge in [-0.1, -0.05) is 12.1 Å². The Balaban J connectivity index is 1.67. The molecule has 31 heavy (non-hydrogen) atoms. The summed E-state index contributed by atoms with van der Waals surface area (Å²) in [6.07, 6.45) is 0.233. The van der Waals surface area contributed by atoms with Crippen LogP contribution >= 0.6 is 0 Å². The highest BCUT2D eigenvalue weighted by Gasteiger charge is 2.34. The molecule has 0 fully saturated rings. The maximum atomic E-state index is 12.7. The van der Waals surface area contributed by atoms with Gasteiger partial charge in [0.25, 0.3) is 0 Å². The van der Waals surface area contributed by atoms with Crippen molar-refractivity contribution in [1.29, 1.82) is 0 Å². The lowest BCUT2D eigenvalue weighted by Gasteiger charge is -2.25. The molecule has 9 heteroatoms. The number of amides is 1. The Kier molecular flexibility index (Phi) is 4.32. The smallest absolute Gasteiger partial charge is 0.231 e. The molecule has 1 amide bonds. The van der Waals surface area contributed by atoms with E-state index in [0.717, 1.165) is 27.9 Å². The van der Waals surface area contributed by atoms with Gasteiger partial charge in [-0.05, 0) is 36.8 Å². The summed E-state index contributed by atoms with van der Waals surface area (Å²) in [7, 11) is 2.95. The molecule has 0 radical (unpaired) electrons. The van der Waals surface area contributed by atoms with E-state index in [4.69, 9.17) is 9.47 Å². The zero-order valence-corrected chi connectivity index (χ0v) is 17.3. The van der Waals surface area contributed by atoms with E-state index in [9.17, 15) is 9.90 Å². The molecule has 0 saturated heterocycles. The first kappa shape index (κ1) is 19.0. The number of aromatic nitrogens is 4. The lowest BCUT2D eigenvalue weighted by atomic mass is 9.85. The van der Waals surface area contributed by atoms with Crippen molar-refractivity contribution in [2.45, 2.75) is 19.3 Å². The minimum absolute atomic E-state index is 0.0797. The fraction of sp³-hybridized carbons (Fsp3) is 0.227. The number of methoxy groups -OCH3 is 2. The second-order valence-electron chi connectivity index (χ2n) is 7.42. The minimum atomic E-state index is -0.287. The molecule has 158 valence electrons. The van der Waals surface area contributed by atoms with Crippen LogP contribution in [-0.4, -0.2) is 45.0 Å². The van der Waals surface area contributed by atoms with E-state index < -0.39 is 0 Å². The number of ether oxygens (including phenoxy) is 2. The number of aromatic amines is 1. The number of nitrogens with zero attached hydrogens (tertiary/aromatic N) is 3. The van der Waals surface area contributed by atoms with Crippen LogP contribution in [0.4, 0.5) is 5.82 Å². The average Bonchev–Trinajstić information content (AvgIpc) is 3.34. The summed E-state index contributed by atoms with van der Waals surface area (Å²) >= 11 is 0. The number of anilines is 1. The van der Waals surface area contributed by atoms with Crippen molar-refractivity contribution in [2.24, 2.45) is 0 Å². The van der Waals surface area contributed by atoms with Gasteiger partial charge in [-0.25, -0.2) is 4.98 Å². The highest BCUT2D eigenvalue weighted by atomic mass is 16.5. The van der Waals surface area contributed by atoms with Gasteiger partial charge in [0.05, 0.1) is 30.9 Å². The van der Waals surface area contributed by atoms with Crippen LogP contribution in [-0.2, 0) is 4.79 Å². The lowest BCUT2D eigenvalue weighted by Crippen LogP contribution is -2.25. The fourth-order valence-corrected chi connectivity index (χ4v) is 4.14. The highest BCUT2D eigenvalue weighted by molar-refractivity contribution is 5.95. The highest BCUT2D eigenvalue weighted by Crippen LogP contribution is 2.45. The van der Waals surface area contributed by atoms with Gasteiger partial charge >= 0.3 is 0 Å². The molecule has 1 aliphatic heterocycles. The van der Waals surface area contributed by atoms with Crippen LogP contribution in [0.1, 0.15) is 29.2 Å². The number of carbonyl (C=O) groups is 1. The van der Waals surface area contributed by atoms with E-state index >= 15 is 0 Å². The van der Waals surface area contributed by atoms with Gasteiger partial charge in [0, 0.05) is 17.9 Å². The number of hydrogen-bond donors (Lipinski definition) is 3. The molecular weight excluding hydrogens is 398 g/mol. The Morgan fingerprint density at radius 2 is 1.87 bits per heavy atom. The SMILES string of the molecule is COc1cc(C2CC(=O)Nc3c2c(C)nn3-c2nc3ccccc3[nH]2)cc(OC)c1O. The van der Waals surface area contributed by atoms with Crippen LogP contribution in [0.5, 0.6) is 17.2 Å². The number of aryl methyl sites for hydroxylation is 1. The first-order valence-corrected chi connectivity index (χ1v) is 9.79. The number of benzene rings is 2. The fourth-order valence-electron chi connectivity index (χ4n) is 4.14. The molecule has 2 aromatic carbocycles. The second kappa shape index (κ2) is 7.05. The number of para-hydroxylation sites is 2. The zero-order chi connectivity index (χ0) is 21.7. The number of nitrogens with one attached hydrogen (secondary N) is 2. The molecule has 3 N–H and O–H groups in total. The zero-order valence-electron chi connectivity index (χ0n) is 17.3. The van der Waals surface area contributed by atoms with Gasteiger partial charge in [0.2, 0.25) is 17.6 Å². The van der Waals surface area contributed by atoms with E-state index in [-0.39, 0.29) is 35.5 Å². The number of imidazole rings is 1. The molecule has 5 rings (SSSR count). The summed E-state index contributed by atoms with van der Waals surface area (Å²) in [6.45, 7) is 1.90. The van der Waals surface area contributed by atoms with Crippen molar-refractivity contribution in [2.75, 3.05) is 19.5 Å². The summed E-state index contributed by atoms with van der Waals surface area (Å²) in [4.78, 5) is 20.5. The van der Waals surface area contributed by atoms with Crippen LogP contribution < -0.4 is 14.8 Å². The maximum Gasteiger partial charge on any atom is 0.231 e. The monoisotopic (exact) mass is 419 g/mol. The Labute approximate surface area is 177 Å². The van der Waals surface area contributed by atoms with Crippen LogP contribution in [0.25, 0.3) is 17.0 Å². The van der Waals surface area contributed by atoms with Crippen molar-refractivity contribution in [3.8, 4) is 23.2 Å². The summed E-state index contributed by atoms with van der Waals surface area (Å²) in [5.74, 6) is 1.15. The second-order valence-corrected chi connectivity index (χ2v) is 7.42. The molecule has 1 unspecified atom stereocenters. The van der Waals surface area contributed by atoms with Gasteiger partial charge in [0.15, 0.2) is 11.5 Å². The Morgan fingerprint density at radius 1 is 1.16 bits per heavy atom. The largest absolute Gasteiger partial charge is 0.502 e. The molecule has 3 heterocycles. The van der Waals surface area contributed by atoms with Gasteiger partial charge < -0.3 is 24.9 Å². The van der Waals surface area contributed by atoms with Crippen molar-refractivity contribution < 1.29 is 19.4 Å². The Morgan fingerprint density at radius 3 is 2.55 bits per heavy atom. The number of fused-ring (bicyclic) bond motifs is 2. The van der Waals surface area contributed by atoms with E-state index in [0.29, 0.717) is 11.8 Å². The number of hydrogen-bond acceptors (Lipinski definition) is 6. The third kappa shape index (κ3) is 2.97. The molecule has 1 aliphatic rings. The number of phenolic OH excluding ortho intramolecular Hbond substituents is 1. The van der Waals surface area contributed by atoms with Crippen molar-refractivity contribution in [3.63, 3.8) is 0 Å². The Bertz CT molecular complexity index is 1260. The maximum absolute atomic E-state index is 12.7. The van der Waals surface area contributed by atoms with Gasteiger partial charge in [-0.3, -0.25) is 4.79 Å². The molecule has 1 atom stereocenters. The number of carbonyl (C=O) groups excluding carboxylic acids is 1. The van der Waals surface area contributed by atoms with Crippen molar-refractivity contribution in [3.05, 3.63) is 53.2 Å². The summed E-state index contributed by atoms with van der Waals surface area (Å²) < 4.78 is 12.2. The van der Waals surface area contributed by atoms with Crippen LogP contribution in [0.2, 0.25) is 0 Å². The molecule has 0 bridgehead atoms. The topological polar surface area (TPSA) is 114 Å². The van der Waals surface area contributed by atoms with Crippen molar-refractivity contribution >= 4 is 22.8 Å². The van der Waals surface area contributed by atoms with E-state index in [1.807, 2.05) is 31.2 Å². The molecule has 2 aromatic heterocycles. The van der Waals surface area contributed by atoms with Gasteiger partial charge in [-0.2, -0.15) is 9.78 Å². The van der Waals surface area contributed by atoms with Crippen LogP contribution in [0.3, 0.4) is 0 Å². The Hall–Kier alpha value is -4.01. The van der Waals surface area contributed by atoms with Crippen molar-refractivity contribution in [1.82, 2.24) is 19.7 Å².